The smallest absolute Gasteiger partial charge is 0.354 e. The van der Waals surface area contributed by atoms with Crippen LogP contribution in [0.3, 0.4) is 0 Å². The molecular weight excluding hydrogens is 372 g/mol. The number of unbranched alkanes of at least 4 members (excludes halogenated alkanes) is 2. The number of hydrogen-bond acceptors (Lipinski definition) is 5. The second-order valence-corrected chi connectivity index (χ2v) is 7.77. The summed E-state index contributed by atoms with van der Waals surface area (Å²) < 4.78 is 12.2. The van der Waals surface area contributed by atoms with Gasteiger partial charge in [-0.05, 0) is 38.7 Å². The van der Waals surface area contributed by atoms with Gasteiger partial charge in [-0.2, -0.15) is 0 Å². The number of rotatable bonds is 10. The third-order valence-electron chi connectivity index (χ3n) is 5.72. The Balaban J connectivity index is 2.22. The normalized spacial score (nSPS) is 16.1. The fourth-order valence-electron chi connectivity index (χ4n) is 4.00. The van der Waals surface area contributed by atoms with E-state index in [0.717, 1.165) is 32.1 Å². The SMILES string of the molecule is CCCCCC(=O)N(CC(=O)c1c(C)c(C(=O)OC)n(C)c1C)C[C@@H]1CCCO1. The maximum absolute atomic E-state index is 13.2. The van der Waals surface area contributed by atoms with Gasteiger partial charge in [0.15, 0.2) is 5.78 Å². The molecule has 0 N–H and O–H groups in total. The summed E-state index contributed by atoms with van der Waals surface area (Å²) in [5.74, 6) is -0.645. The number of methoxy groups -OCH3 is 1. The lowest BCUT2D eigenvalue weighted by Gasteiger charge is -2.25. The average Bonchev–Trinajstić information content (AvgIpc) is 3.27. The van der Waals surface area contributed by atoms with Crippen molar-refractivity contribution in [1.29, 1.82) is 0 Å². The van der Waals surface area contributed by atoms with Gasteiger partial charge in [-0.25, -0.2) is 4.79 Å². The number of ether oxygens (including phenoxy) is 2. The Kier molecular flexibility index (Phi) is 8.44. The quantitative estimate of drug-likeness (QED) is 0.339. The molecule has 0 aliphatic carbocycles. The van der Waals surface area contributed by atoms with Gasteiger partial charge in [0.05, 0.1) is 19.8 Å². The molecule has 162 valence electrons. The maximum Gasteiger partial charge on any atom is 0.354 e. The number of carbonyl (C=O) groups is 3. The molecule has 7 nitrogen and oxygen atoms in total. The van der Waals surface area contributed by atoms with Crippen LogP contribution in [-0.2, 0) is 21.3 Å². The largest absolute Gasteiger partial charge is 0.464 e. The predicted molar refractivity (Wildman–Crippen MR) is 110 cm³/mol. The monoisotopic (exact) mass is 406 g/mol. The van der Waals surface area contributed by atoms with Crippen molar-refractivity contribution in [2.24, 2.45) is 7.05 Å². The zero-order chi connectivity index (χ0) is 21.6. The lowest BCUT2D eigenvalue weighted by molar-refractivity contribution is -0.132. The third-order valence-corrected chi connectivity index (χ3v) is 5.72. The Labute approximate surface area is 173 Å². The summed E-state index contributed by atoms with van der Waals surface area (Å²) in [7, 11) is 3.06. The maximum atomic E-state index is 13.2. The molecule has 1 fully saturated rings. The molecule has 2 rings (SSSR count). The molecule has 1 aliphatic rings. The molecule has 29 heavy (non-hydrogen) atoms. The van der Waals surface area contributed by atoms with Crippen LogP contribution in [0.5, 0.6) is 0 Å². The number of esters is 1. The number of aromatic nitrogens is 1. The Morgan fingerprint density at radius 3 is 2.55 bits per heavy atom. The van der Waals surface area contributed by atoms with E-state index in [-0.39, 0.29) is 24.3 Å². The van der Waals surface area contributed by atoms with Crippen LogP contribution in [0, 0.1) is 13.8 Å². The van der Waals surface area contributed by atoms with E-state index in [2.05, 4.69) is 6.92 Å². The summed E-state index contributed by atoms with van der Waals surface area (Å²) >= 11 is 0. The van der Waals surface area contributed by atoms with E-state index >= 15 is 0 Å². The van der Waals surface area contributed by atoms with Crippen LogP contribution < -0.4 is 0 Å². The van der Waals surface area contributed by atoms with Gasteiger partial charge in [0.2, 0.25) is 5.91 Å². The minimum atomic E-state index is -0.473. The number of carbonyl (C=O) groups excluding carboxylic acids is 3. The van der Waals surface area contributed by atoms with Gasteiger partial charge in [0.1, 0.15) is 5.69 Å². The molecule has 0 spiro atoms. The van der Waals surface area contributed by atoms with Crippen LogP contribution in [0.4, 0.5) is 0 Å². The van der Waals surface area contributed by atoms with E-state index in [4.69, 9.17) is 9.47 Å². The molecule has 1 aliphatic heterocycles. The minimum absolute atomic E-state index is 0.00285. The van der Waals surface area contributed by atoms with E-state index in [1.165, 1.54) is 7.11 Å². The summed E-state index contributed by atoms with van der Waals surface area (Å²) in [5, 5.41) is 0. The second-order valence-electron chi connectivity index (χ2n) is 7.77. The van der Waals surface area contributed by atoms with Crippen molar-refractivity contribution in [3.05, 3.63) is 22.5 Å². The van der Waals surface area contributed by atoms with Crippen LogP contribution in [0.15, 0.2) is 0 Å². The second kappa shape index (κ2) is 10.6. The highest BCUT2D eigenvalue weighted by molar-refractivity contribution is 6.04. The molecule has 0 unspecified atom stereocenters. The molecule has 0 aromatic carbocycles. The molecule has 1 aromatic rings. The summed E-state index contributed by atoms with van der Waals surface area (Å²) in [6.07, 6.45) is 5.17. The molecule has 2 heterocycles. The molecule has 0 radical (unpaired) electrons. The summed E-state index contributed by atoms with van der Waals surface area (Å²) in [6, 6.07) is 0. The van der Waals surface area contributed by atoms with Crippen LogP contribution in [0.1, 0.15) is 77.6 Å². The standard InChI is InChI=1S/C22H34N2O5/c1-6-7-8-11-19(26)24(13-17-10-9-12-29-17)14-18(25)20-15(2)21(22(27)28-5)23(4)16(20)3/h17H,6-14H2,1-5H3/t17-/m0/s1. The van der Waals surface area contributed by atoms with Crippen molar-refractivity contribution >= 4 is 17.7 Å². The first-order chi connectivity index (χ1) is 13.8. The summed E-state index contributed by atoms with van der Waals surface area (Å²) in [4.78, 5) is 39.7. The van der Waals surface area contributed by atoms with Crippen molar-refractivity contribution in [3.8, 4) is 0 Å². The molecule has 0 bridgehead atoms. The topological polar surface area (TPSA) is 77.8 Å². The van der Waals surface area contributed by atoms with Crippen molar-refractivity contribution in [3.63, 3.8) is 0 Å². The number of amides is 1. The van der Waals surface area contributed by atoms with Crippen molar-refractivity contribution in [2.45, 2.75) is 65.4 Å². The minimum Gasteiger partial charge on any atom is -0.464 e. The molecule has 0 saturated carbocycles. The number of hydrogen-bond donors (Lipinski definition) is 0. The van der Waals surface area contributed by atoms with Crippen molar-refractivity contribution in [2.75, 3.05) is 26.8 Å². The highest BCUT2D eigenvalue weighted by Gasteiger charge is 2.29. The highest BCUT2D eigenvalue weighted by Crippen LogP contribution is 2.23. The Morgan fingerprint density at radius 1 is 1.24 bits per heavy atom. The molecule has 1 atom stereocenters. The Morgan fingerprint density at radius 2 is 1.97 bits per heavy atom. The third kappa shape index (κ3) is 5.47. The fraction of sp³-hybridized carbons (Fsp3) is 0.682. The van der Waals surface area contributed by atoms with E-state index in [1.54, 1.807) is 30.4 Å². The highest BCUT2D eigenvalue weighted by atomic mass is 16.5. The molecule has 7 heteroatoms. The van der Waals surface area contributed by atoms with E-state index in [1.807, 2.05) is 0 Å². The average molecular weight is 407 g/mol. The van der Waals surface area contributed by atoms with Gasteiger partial charge in [-0.1, -0.05) is 19.8 Å². The van der Waals surface area contributed by atoms with Gasteiger partial charge in [-0.15, -0.1) is 0 Å². The number of nitrogens with zero attached hydrogens (tertiary/aromatic N) is 2. The van der Waals surface area contributed by atoms with Crippen molar-refractivity contribution in [1.82, 2.24) is 9.47 Å². The fourth-order valence-corrected chi connectivity index (χ4v) is 4.00. The van der Waals surface area contributed by atoms with Gasteiger partial charge in [0, 0.05) is 37.9 Å². The predicted octanol–water partition coefficient (Wildman–Crippen LogP) is 3.20. The lowest BCUT2D eigenvalue weighted by Crippen LogP contribution is -2.40. The first-order valence-corrected chi connectivity index (χ1v) is 10.5. The number of Topliss-reactive ketones (excluding diaryl/α,β-unsaturated/α-hetero) is 1. The van der Waals surface area contributed by atoms with Gasteiger partial charge < -0.3 is 18.9 Å². The zero-order valence-corrected chi connectivity index (χ0v) is 18.4. The van der Waals surface area contributed by atoms with Gasteiger partial charge in [-0.3, -0.25) is 9.59 Å². The van der Waals surface area contributed by atoms with E-state index in [9.17, 15) is 14.4 Å². The first kappa shape index (κ1) is 23.1. The van der Waals surface area contributed by atoms with Crippen LogP contribution in [0.25, 0.3) is 0 Å². The summed E-state index contributed by atoms with van der Waals surface area (Å²) in [6.45, 7) is 6.79. The van der Waals surface area contributed by atoms with Gasteiger partial charge in [0.25, 0.3) is 0 Å². The molecule has 1 saturated heterocycles. The van der Waals surface area contributed by atoms with E-state index < -0.39 is 5.97 Å². The number of ketones is 1. The Hall–Kier alpha value is -2.15. The Bertz CT molecular complexity index is 747. The summed E-state index contributed by atoms with van der Waals surface area (Å²) in [5.41, 5.74) is 2.15. The first-order valence-electron chi connectivity index (χ1n) is 10.5. The van der Waals surface area contributed by atoms with Crippen LogP contribution in [-0.4, -0.2) is 60.0 Å². The molecule has 1 amide bonds. The van der Waals surface area contributed by atoms with Crippen LogP contribution in [0.2, 0.25) is 0 Å². The van der Waals surface area contributed by atoms with Crippen molar-refractivity contribution < 1.29 is 23.9 Å². The van der Waals surface area contributed by atoms with Gasteiger partial charge >= 0.3 is 5.97 Å². The lowest BCUT2D eigenvalue weighted by atomic mass is 10.0. The van der Waals surface area contributed by atoms with E-state index in [0.29, 0.717) is 42.1 Å². The van der Waals surface area contributed by atoms with Crippen LogP contribution >= 0.6 is 0 Å². The molecule has 1 aromatic heterocycles. The molecular formula is C22H34N2O5. The zero-order valence-electron chi connectivity index (χ0n) is 18.4.